The molecule has 3 N–H and O–H groups in total. The summed E-state index contributed by atoms with van der Waals surface area (Å²) < 4.78 is 0. The third-order valence-corrected chi connectivity index (χ3v) is 4.69. The first-order chi connectivity index (χ1) is 10.2. The van der Waals surface area contributed by atoms with E-state index in [1.54, 1.807) is 12.3 Å². The topological polar surface area (TPSA) is 76.6 Å². The minimum absolute atomic E-state index is 0.0593. The predicted molar refractivity (Wildman–Crippen MR) is 85.2 cm³/mol. The Morgan fingerprint density at radius 2 is 2.14 bits per heavy atom. The number of fused-ring (bicyclic) bond motifs is 1. The fourth-order valence-electron chi connectivity index (χ4n) is 3.65. The van der Waals surface area contributed by atoms with Gasteiger partial charge in [-0.15, -0.1) is 0 Å². The molecule has 2 unspecified atom stereocenters. The van der Waals surface area contributed by atoms with Crippen LogP contribution in [0.2, 0.25) is 5.02 Å². The maximum atomic E-state index is 11.4. The molecule has 2 heterocycles. The van der Waals surface area contributed by atoms with E-state index in [0.29, 0.717) is 10.6 Å². The molecule has 1 fully saturated rings. The minimum Gasteiger partial charge on any atom is -0.465 e. The number of rotatable bonds is 1. The molecular formula is C16H19ClN2O3. The Morgan fingerprint density at radius 3 is 2.73 bits per heavy atom. The van der Waals surface area contributed by atoms with E-state index in [1.807, 2.05) is 32.9 Å². The zero-order chi connectivity index (χ0) is 16.3. The Morgan fingerprint density at radius 1 is 1.45 bits per heavy atom. The first-order valence-electron chi connectivity index (χ1n) is 7.14. The Balaban J connectivity index is 2.13. The average Bonchev–Trinajstić information content (AvgIpc) is 2.78. The molecule has 1 aromatic heterocycles. The maximum Gasteiger partial charge on any atom is 0.407 e. The van der Waals surface area contributed by atoms with Crippen molar-refractivity contribution in [2.24, 2.45) is 5.41 Å². The van der Waals surface area contributed by atoms with Gasteiger partial charge in [0.25, 0.3) is 0 Å². The van der Waals surface area contributed by atoms with Crippen molar-refractivity contribution < 1.29 is 15.0 Å². The van der Waals surface area contributed by atoms with Gasteiger partial charge < -0.3 is 15.2 Å². The van der Waals surface area contributed by atoms with Gasteiger partial charge in [-0.2, -0.15) is 0 Å². The van der Waals surface area contributed by atoms with Crippen LogP contribution in [0.15, 0.2) is 24.4 Å². The minimum atomic E-state index is -1.22. The molecule has 22 heavy (non-hydrogen) atoms. The number of likely N-dealkylation sites (tertiary alicyclic amines) is 1. The molecule has 1 saturated heterocycles. The molecule has 6 heteroatoms. The molecule has 0 saturated carbocycles. The Hall–Kier alpha value is -1.72. The van der Waals surface area contributed by atoms with Gasteiger partial charge in [-0.05, 0) is 11.5 Å². The monoisotopic (exact) mass is 322 g/mol. The normalized spacial score (nSPS) is 25.3. The van der Waals surface area contributed by atoms with E-state index in [-0.39, 0.29) is 6.54 Å². The number of carbonyl (C=O) groups is 1. The molecule has 118 valence electrons. The zero-order valence-electron chi connectivity index (χ0n) is 12.7. The first kappa shape index (κ1) is 15.2. The van der Waals surface area contributed by atoms with Crippen LogP contribution >= 0.6 is 11.6 Å². The van der Waals surface area contributed by atoms with Crippen LogP contribution in [-0.4, -0.2) is 38.8 Å². The van der Waals surface area contributed by atoms with Crippen molar-refractivity contribution >= 4 is 28.6 Å². The van der Waals surface area contributed by atoms with E-state index in [0.717, 1.165) is 10.9 Å². The summed E-state index contributed by atoms with van der Waals surface area (Å²) >= 11 is 6.17. The van der Waals surface area contributed by atoms with Crippen LogP contribution in [0.5, 0.6) is 0 Å². The first-order valence-corrected chi connectivity index (χ1v) is 7.52. The molecule has 1 aliphatic heterocycles. The summed E-state index contributed by atoms with van der Waals surface area (Å²) in [6.45, 7) is 5.85. The van der Waals surface area contributed by atoms with Gasteiger partial charge in [0.15, 0.2) is 0 Å². The number of para-hydroxylation sites is 1. The number of aliphatic hydroxyl groups is 1. The summed E-state index contributed by atoms with van der Waals surface area (Å²) in [6, 6.07) is 4.97. The highest BCUT2D eigenvalue weighted by Crippen LogP contribution is 2.49. The molecule has 1 aliphatic rings. The summed E-state index contributed by atoms with van der Waals surface area (Å²) in [4.78, 5) is 15.8. The number of aromatic nitrogens is 1. The zero-order valence-corrected chi connectivity index (χ0v) is 13.5. The number of nitrogens with zero attached hydrogens (tertiary/aromatic N) is 1. The largest absolute Gasteiger partial charge is 0.465 e. The Labute approximate surface area is 133 Å². The summed E-state index contributed by atoms with van der Waals surface area (Å²) in [6.07, 6.45) is 0.719. The van der Waals surface area contributed by atoms with Crippen molar-refractivity contribution in [3.8, 4) is 0 Å². The molecule has 0 aliphatic carbocycles. The van der Waals surface area contributed by atoms with Crippen molar-refractivity contribution in [2.45, 2.75) is 32.4 Å². The van der Waals surface area contributed by atoms with Gasteiger partial charge in [-0.3, -0.25) is 4.90 Å². The molecule has 2 aromatic rings. The smallest absolute Gasteiger partial charge is 0.407 e. The number of β-amino-alcohol motifs (C(OH)–C–C–N with tert-alkyl or cyclic N) is 1. The second kappa shape index (κ2) is 4.64. The second-order valence-corrected chi connectivity index (χ2v) is 7.38. The number of benzene rings is 1. The lowest BCUT2D eigenvalue weighted by Gasteiger charge is -2.58. The van der Waals surface area contributed by atoms with E-state index in [1.165, 1.54) is 4.90 Å². The number of hydrogen-bond acceptors (Lipinski definition) is 2. The molecule has 0 bridgehead atoms. The van der Waals surface area contributed by atoms with Crippen LogP contribution in [-0.2, 0) is 5.60 Å². The van der Waals surface area contributed by atoms with Crippen LogP contribution in [0.4, 0.5) is 4.79 Å². The van der Waals surface area contributed by atoms with Crippen molar-refractivity contribution in [1.29, 1.82) is 0 Å². The SMILES string of the molecule is CC(C)(C)C1N(C(=O)O)CC1(O)c1c[nH]c2c(Cl)cccc12. The molecule has 0 spiro atoms. The molecule has 1 aromatic carbocycles. The average molecular weight is 323 g/mol. The van der Waals surface area contributed by atoms with Gasteiger partial charge in [0, 0.05) is 17.1 Å². The summed E-state index contributed by atoms with van der Waals surface area (Å²) in [7, 11) is 0. The lowest BCUT2D eigenvalue weighted by Crippen LogP contribution is -2.72. The second-order valence-electron chi connectivity index (χ2n) is 6.97. The standard InChI is InChI=1S/C16H19ClN2O3/c1-15(2,3)13-16(22,8-19(13)14(20)21)10-7-18-12-9(10)5-4-6-11(12)17/h4-7,13,18,22H,8H2,1-3H3,(H,20,21). The number of carboxylic acid groups (broad SMARTS) is 1. The third-order valence-electron chi connectivity index (χ3n) is 4.37. The van der Waals surface area contributed by atoms with Crippen molar-refractivity contribution in [3.63, 3.8) is 0 Å². The molecule has 5 nitrogen and oxygen atoms in total. The van der Waals surface area contributed by atoms with E-state index in [2.05, 4.69) is 4.98 Å². The lowest BCUT2D eigenvalue weighted by atomic mass is 9.66. The summed E-state index contributed by atoms with van der Waals surface area (Å²) in [5, 5.41) is 22.0. The fourth-order valence-corrected chi connectivity index (χ4v) is 3.88. The highest BCUT2D eigenvalue weighted by Gasteiger charge is 2.60. The van der Waals surface area contributed by atoms with Gasteiger partial charge in [0.05, 0.1) is 23.1 Å². The number of H-pyrrole nitrogens is 1. The maximum absolute atomic E-state index is 11.4. The number of nitrogens with one attached hydrogen (secondary N) is 1. The van der Waals surface area contributed by atoms with Gasteiger partial charge in [-0.1, -0.05) is 44.5 Å². The van der Waals surface area contributed by atoms with Crippen molar-refractivity contribution in [1.82, 2.24) is 9.88 Å². The number of aromatic amines is 1. The molecule has 0 radical (unpaired) electrons. The van der Waals surface area contributed by atoms with E-state index >= 15 is 0 Å². The van der Waals surface area contributed by atoms with Gasteiger partial charge in [0.1, 0.15) is 5.60 Å². The van der Waals surface area contributed by atoms with E-state index in [9.17, 15) is 15.0 Å². The Kier molecular flexibility index (Phi) is 3.20. The fraction of sp³-hybridized carbons (Fsp3) is 0.438. The van der Waals surface area contributed by atoms with Crippen molar-refractivity contribution in [2.75, 3.05) is 6.54 Å². The van der Waals surface area contributed by atoms with Gasteiger partial charge >= 0.3 is 6.09 Å². The van der Waals surface area contributed by atoms with E-state index < -0.39 is 23.2 Å². The summed E-state index contributed by atoms with van der Waals surface area (Å²) in [5.41, 5.74) is -0.163. The van der Waals surface area contributed by atoms with Crippen molar-refractivity contribution in [3.05, 3.63) is 35.0 Å². The van der Waals surface area contributed by atoms with Crippen LogP contribution in [0.25, 0.3) is 10.9 Å². The molecular weight excluding hydrogens is 304 g/mol. The molecule has 3 rings (SSSR count). The van der Waals surface area contributed by atoms with Gasteiger partial charge in [-0.25, -0.2) is 4.79 Å². The van der Waals surface area contributed by atoms with Crippen LogP contribution in [0, 0.1) is 5.41 Å². The lowest BCUT2D eigenvalue weighted by molar-refractivity contribution is -0.177. The van der Waals surface area contributed by atoms with Crippen LogP contribution in [0.3, 0.4) is 0 Å². The van der Waals surface area contributed by atoms with Crippen LogP contribution in [0.1, 0.15) is 26.3 Å². The highest BCUT2D eigenvalue weighted by atomic mass is 35.5. The number of hydrogen-bond donors (Lipinski definition) is 3. The highest BCUT2D eigenvalue weighted by molar-refractivity contribution is 6.35. The molecule has 1 amide bonds. The Bertz CT molecular complexity index is 749. The third kappa shape index (κ3) is 2.00. The number of amides is 1. The molecule has 2 atom stereocenters. The number of halogens is 1. The quantitative estimate of drug-likeness (QED) is 0.753. The summed E-state index contributed by atoms with van der Waals surface area (Å²) in [5.74, 6) is 0. The van der Waals surface area contributed by atoms with Crippen LogP contribution < -0.4 is 0 Å². The predicted octanol–water partition coefficient (Wildman–Crippen LogP) is 3.42. The van der Waals surface area contributed by atoms with Gasteiger partial charge in [0.2, 0.25) is 0 Å². The van der Waals surface area contributed by atoms with E-state index in [4.69, 9.17) is 11.6 Å².